The molecule has 7 nitrogen and oxygen atoms in total. The fourth-order valence-electron chi connectivity index (χ4n) is 2.26. The van der Waals surface area contributed by atoms with Crippen molar-refractivity contribution in [2.45, 2.75) is 33.7 Å². The van der Waals surface area contributed by atoms with Crippen LogP contribution in [0.5, 0.6) is 5.75 Å². The van der Waals surface area contributed by atoms with Gasteiger partial charge in [-0.1, -0.05) is 0 Å². The summed E-state index contributed by atoms with van der Waals surface area (Å²) in [6, 6.07) is 5.52. The Labute approximate surface area is 147 Å². The van der Waals surface area contributed by atoms with E-state index in [1.54, 1.807) is 38.1 Å². The van der Waals surface area contributed by atoms with E-state index >= 15 is 0 Å². The third kappa shape index (κ3) is 4.71. The van der Waals surface area contributed by atoms with Gasteiger partial charge in [-0.25, -0.2) is 4.79 Å². The van der Waals surface area contributed by atoms with E-state index in [2.05, 4.69) is 5.32 Å². The highest BCUT2D eigenvalue weighted by Crippen LogP contribution is 2.29. The van der Waals surface area contributed by atoms with Crippen molar-refractivity contribution in [1.82, 2.24) is 0 Å². The Morgan fingerprint density at radius 2 is 1.64 bits per heavy atom. The van der Waals surface area contributed by atoms with Crippen molar-refractivity contribution in [1.29, 1.82) is 0 Å². The number of carbonyl (C=O) groups is 3. The fourth-order valence-corrected chi connectivity index (χ4v) is 2.26. The topological polar surface area (TPSA) is 90.9 Å². The first kappa shape index (κ1) is 20.5. The predicted octanol–water partition coefficient (Wildman–Crippen LogP) is 2.20. The van der Waals surface area contributed by atoms with Crippen molar-refractivity contribution in [2.24, 2.45) is 5.41 Å². The molecule has 138 valence electrons. The maximum atomic E-state index is 12.5. The molecule has 0 radical (unpaired) electrons. The van der Waals surface area contributed by atoms with Crippen molar-refractivity contribution in [3.63, 3.8) is 0 Å². The lowest BCUT2D eigenvalue weighted by atomic mass is 9.78. The van der Waals surface area contributed by atoms with Crippen LogP contribution in [0.15, 0.2) is 24.3 Å². The zero-order chi connectivity index (χ0) is 19.0. The number of hydrogen-bond donors (Lipinski definition) is 1. The number of ether oxygens (including phenoxy) is 3. The SMILES string of the molecule is CCOC(=O)[C@H](Nc1ccc(OC)cc1)[C@](C)(C(C)=O)C(=O)OCC. The number of esters is 2. The lowest BCUT2D eigenvalue weighted by Crippen LogP contribution is -2.54. The molecule has 0 aliphatic carbocycles. The summed E-state index contributed by atoms with van der Waals surface area (Å²) in [5, 5.41) is 2.92. The molecule has 0 fully saturated rings. The molecule has 25 heavy (non-hydrogen) atoms. The van der Waals surface area contributed by atoms with Crippen LogP contribution in [-0.4, -0.2) is 44.1 Å². The molecule has 0 bridgehead atoms. The Bertz CT molecular complexity index is 612. The number of rotatable bonds is 9. The van der Waals surface area contributed by atoms with Gasteiger partial charge in [0, 0.05) is 5.69 Å². The molecular weight excluding hydrogens is 326 g/mol. The summed E-state index contributed by atoms with van der Waals surface area (Å²) < 4.78 is 15.2. The minimum Gasteiger partial charge on any atom is -0.497 e. The first-order chi connectivity index (χ1) is 11.8. The lowest BCUT2D eigenvalue weighted by Gasteiger charge is -2.32. The lowest BCUT2D eigenvalue weighted by molar-refractivity contribution is -0.166. The van der Waals surface area contributed by atoms with E-state index in [4.69, 9.17) is 14.2 Å². The maximum absolute atomic E-state index is 12.5. The van der Waals surface area contributed by atoms with Crippen LogP contribution in [0.3, 0.4) is 0 Å². The molecule has 2 atom stereocenters. The Morgan fingerprint density at radius 3 is 2.08 bits per heavy atom. The van der Waals surface area contributed by atoms with Crippen LogP contribution < -0.4 is 10.1 Å². The largest absolute Gasteiger partial charge is 0.497 e. The molecule has 1 aromatic rings. The standard InChI is InChI=1S/C18H25NO6/c1-6-24-16(21)15(18(4,12(3)20)17(22)25-7-2)19-13-8-10-14(23-5)11-9-13/h8-11,15,19H,6-7H2,1-5H3/t15-,18-/m0/s1. The third-order valence-corrected chi connectivity index (χ3v) is 3.93. The minimum absolute atomic E-state index is 0.0970. The molecular formula is C18H25NO6. The number of carbonyl (C=O) groups excluding carboxylic acids is 3. The van der Waals surface area contributed by atoms with Crippen LogP contribution in [-0.2, 0) is 23.9 Å². The molecule has 1 rings (SSSR count). The molecule has 0 saturated heterocycles. The van der Waals surface area contributed by atoms with E-state index in [9.17, 15) is 14.4 Å². The van der Waals surface area contributed by atoms with Gasteiger partial charge in [-0.3, -0.25) is 9.59 Å². The Balaban J connectivity index is 3.26. The normalized spacial score (nSPS) is 14.0. The number of anilines is 1. The number of hydrogen-bond acceptors (Lipinski definition) is 7. The summed E-state index contributed by atoms with van der Waals surface area (Å²) in [7, 11) is 1.54. The number of ketones is 1. The smallest absolute Gasteiger partial charge is 0.330 e. The zero-order valence-corrected chi connectivity index (χ0v) is 15.3. The van der Waals surface area contributed by atoms with Crippen LogP contribution >= 0.6 is 0 Å². The van der Waals surface area contributed by atoms with E-state index in [1.165, 1.54) is 21.0 Å². The van der Waals surface area contributed by atoms with Crippen LogP contribution in [0.2, 0.25) is 0 Å². The van der Waals surface area contributed by atoms with Gasteiger partial charge in [0.15, 0.2) is 5.41 Å². The second-order valence-electron chi connectivity index (χ2n) is 5.54. The molecule has 0 saturated carbocycles. The van der Waals surface area contributed by atoms with Crippen molar-refractivity contribution in [3.8, 4) is 5.75 Å². The maximum Gasteiger partial charge on any atom is 0.330 e. The monoisotopic (exact) mass is 351 g/mol. The number of methoxy groups -OCH3 is 1. The predicted molar refractivity (Wildman–Crippen MR) is 92.5 cm³/mol. The first-order valence-corrected chi connectivity index (χ1v) is 8.06. The van der Waals surface area contributed by atoms with E-state index in [0.717, 1.165) is 0 Å². The van der Waals surface area contributed by atoms with E-state index in [0.29, 0.717) is 11.4 Å². The number of nitrogens with one attached hydrogen (secondary N) is 1. The summed E-state index contributed by atoms with van der Waals surface area (Å²) in [5.41, 5.74) is -1.18. The minimum atomic E-state index is -1.72. The van der Waals surface area contributed by atoms with Crippen LogP contribution in [0, 0.1) is 5.41 Å². The van der Waals surface area contributed by atoms with Gasteiger partial charge in [0.1, 0.15) is 17.6 Å². The Morgan fingerprint density at radius 1 is 1.08 bits per heavy atom. The quantitative estimate of drug-likeness (QED) is 0.539. The molecule has 7 heteroatoms. The molecule has 0 aromatic heterocycles. The van der Waals surface area contributed by atoms with Gasteiger partial charge in [-0.05, 0) is 52.0 Å². The van der Waals surface area contributed by atoms with Gasteiger partial charge in [0.25, 0.3) is 0 Å². The molecule has 0 aliphatic rings. The second-order valence-corrected chi connectivity index (χ2v) is 5.54. The third-order valence-electron chi connectivity index (χ3n) is 3.93. The summed E-state index contributed by atoms with van der Waals surface area (Å²) in [5.74, 6) is -1.34. The molecule has 1 aromatic carbocycles. The zero-order valence-electron chi connectivity index (χ0n) is 15.3. The average Bonchev–Trinajstić information content (AvgIpc) is 2.59. The molecule has 1 N–H and O–H groups in total. The fraction of sp³-hybridized carbons (Fsp3) is 0.500. The second kappa shape index (κ2) is 9.05. The van der Waals surface area contributed by atoms with E-state index in [-0.39, 0.29) is 13.2 Å². The van der Waals surface area contributed by atoms with E-state index < -0.39 is 29.2 Å². The van der Waals surface area contributed by atoms with E-state index in [1.807, 2.05) is 0 Å². The van der Waals surface area contributed by atoms with Gasteiger partial charge in [0.2, 0.25) is 0 Å². The Hall–Kier alpha value is -2.57. The van der Waals surface area contributed by atoms with Crippen LogP contribution in [0.4, 0.5) is 5.69 Å². The van der Waals surface area contributed by atoms with Gasteiger partial charge in [-0.15, -0.1) is 0 Å². The summed E-state index contributed by atoms with van der Waals surface area (Å²) in [4.78, 5) is 37.2. The summed E-state index contributed by atoms with van der Waals surface area (Å²) in [6.07, 6.45) is 0. The summed E-state index contributed by atoms with van der Waals surface area (Å²) >= 11 is 0. The number of benzene rings is 1. The van der Waals surface area contributed by atoms with Crippen LogP contribution in [0.25, 0.3) is 0 Å². The molecule has 0 amide bonds. The Kier molecular flexibility index (Phi) is 7.42. The molecule has 0 aliphatic heterocycles. The van der Waals surface area contributed by atoms with Crippen molar-refractivity contribution in [2.75, 3.05) is 25.6 Å². The highest BCUT2D eigenvalue weighted by molar-refractivity contribution is 6.08. The highest BCUT2D eigenvalue weighted by Gasteiger charge is 2.51. The molecule has 0 unspecified atom stereocenters. The van der Waals surface area contributed by atoms with Crippen LogP contribution in [0.1, 0.15) is 27.7 Å². The molecule has 0 spiro atoms. The van der Waals surface area contributed by atoms with Crippen molar-refractivity contribution in [3.05, 3.63) is 24.3 Å². The summed E-state index contributed by atoms with van der Waals surface area (Å²) in [6.45, 7) is 6.13. The van der Waals surface area contributed by atoms with Gasteiger partial charge >= 0.3 is 11.9 Å². The first-order valence-electron chi connectivity index (χ1n) is 8.06. The average molecular weight is 351 g/mol. The van der Waals surface area contributed by atoms with Gasteiger partial charge < -0.3 is 19.5 Å². The molecule has 0 heterocycles. The van der Waals surface area contributed by atoms with Gasteiger partial charge in [-0.2, -0.15) is 0 Å². The van der Waals surface area contributed by atoms with Crippen molar-refractivity contribution >= 4 is 23.4 Å². The van der Waals surface area contributed by atoms with Gasteiger partial charge in [0.05, 0.1) is 20.3 Å². The van der Waals surface area contributed by atoms with Crippen molar-refractivity contribution < 1.29 is 28.6 Å². The number of Topliss-reactive ketones (excluding diaryl/α,β-unsaturated/α-hetero) is 1. The highest BCUT2D eigenvalue weighted by atomic mass is 16.5.